The Morgan fingerprint density at radius 3 is 2.91 bits per heavy atom. The molecule has 128 valence electrons. The topological polar surface area (TPSA) is 89.3 Å². The van der Waals surface area contributed by atoms with Crippen molar-refractivity contribution in [3.8, 4) is 0 Å². The van der Waals surface area contributed by atoms with Crippen LogP contribution in [0.15, 0.2) is 6.33 Å². The van der Waals surface area contributed by atoms with Crippen molar-refractivity contribution in [2.24, 2.45) is 0 Å². The molecule has 0 saturated carbocycles. The summed E-state index contributed by atoms with van der Waals surface area (Å²) in [6, 6.07) is -0.164. The van der Waals surface area contributed by atoms with Crippen LogP contribution in [0.25, 0.3) is 0 Å². The molecule has 8 nitrogen and oxygen atoms in total. The number of hydrogen-bond donors (Lipinski definition) is 1. The summed E-state index contributed by atoms with van der Waals surface area (Å²) in [5.74, 6) is 0.708. The highest BCUT2D eigenvalue weighted by Gasteiger charge is 2.32. The van der Waals surface area contributed by atoms with Crippen LogP contribution in [0.4, 0.5) is 4.79 Å². The summed E-state index contributed by atoms with van der Waals surface area (Å²) in [6.45, 7) is 5.14. The zero-order valence-corrected chi connectivity index (χ0v) is 14.0. The number of nitrogens with one attached hydrogen (secondary N) is 1. The van der Waals surface area contributed by atoms with Gasteiger partial charge >= 0.3 is 6.09 Å². The molecule has 1 unspecified atom stereocenters. The number of likely N-dealkylation sites (tertiary alicyclic amines) is 1. The first kappa shape index (κ1) is 17.2. The first-order valence-electron chi connectivity index (χ1n) is 8.05. The highest BCUT2D eigenvalue weighted by Crippen LogP contribution is 2.18. The Hall–Kier alpha value is -2.12. The Kier molecular flexibility index (Phi) is 5.95. The third kappa shape index (κ3) is 4.20. The van der Waals surface area contributed by atoms with Gasteiger partial charge in [-0.1, -0.05) is 0 Å². The van der Waals surface area contributed by atoms with Crippen LogP contribution < -0.4 is 5.32 Å². The fourth-order valence-corrected chi connectivity index (χ4v) is 2.83. The lowest BCUT2D eigenvalue weighted by atomic mass is 10.0. The Balaban J connectivity index is 1.88. The van der Waals surface area contributed by atoms with E-state index in [1.807, 2.05) is 4.57 Å². The van der Waals surface area contributed by atoms with E-state index in [9.17, 15) is 9.59 Å². The van der Waals surface area contributed by atoms with Crippen molar-refractivity contribution in [3.05, 3.63) is 12.2 Å². The Morgan fingerprint density at radius 1 is 1.43 bits per heavy atom. The van der Waals surface area contributed by atoms with Crippen molar-refractivity contribution in [1.29, 1.82) is 0 Å². The molecular weight excluding hydrogens is 298 g/mol. The van der Waals surface area contributed by atoms with Crippen molar-refractivity contribution in [1.82, 2.24) is 25.0 Å². The summed E-state index contributed by atoms with van der Waals surface area (Å²) >= 11 is 0. The van der Waals surface area contributed by atoms with E-state index in [0.717, 1.165) is 18.7 Å². The molecule has 2 heterocycles. The summed E-state index contributed by atoms with van der Waals surface area (Å²) in [5, 5.41) is 10.9. The number of carbonyl (C=O) groups is 2. The second-order valence-electron chi connectivity index (χ2n) is 5.96. The van der Waals surface area contributed by atoms with Crippen LogP contribution in [0.3, 0.4) is 0 Å². The van der Waals surface area contributed by atoms with Crippen LogP contribution in [0.1, 0.15) is 45.0 Å². The Morgan fingerprint density at radius 2 is 2.22 bits per heavy atom. The van der Waals surface area contributed by atoms with Gasteiger partial charge < -0.3 is 14.6 Å². The van der Waals surface area contributed by atoms with Crippen LogP contribution in [0, 0.1) is 0 Å². The maximum absolute atomic E-state index is 12.4. The number of piperidine rings is 1. The largest absolute Gasteiger partial charge is 0.453 e. The zero-order chi connectivity index (χ0) is 16.8. The number of nitrogens with zero attached hydrogens (tertiary/aromatic N) is 4. The molecule has 0 bridgehead atoms. The number of carbonyl (C=O) groups excluding carboxylic acids is 2. The molecule has 23 heavy (non-hydrogen) atoms. The zero-order valence-electron chi connectivity index (χ0n) is 14.0. The van der Waals surface area contributed by atoms with Crippen LogP contribution in [0.2, 0.25) is 0 Å². The van der Waals surface area contributed by atoms with Gasteiger partial charge in [0.1, 0.15) is 18.2 Å². The molecule has 8 heteroatoms. The van der Waals surface area contributed by atoms with Gasteiger partial charge in [0.2, 0.25) is 5.91 Å². The van der Waals surface area contributed by atoms with Gasteiger partial charge in [-0.15, -0.1) is 10.2 Å². The molecule has 0 spiro atoms. The van der Waals surface area contributed by atoms with Crippen molar-refractivity contribution in [2.75, 3.05) is 20.2 Å². The minimum absolute atomic E-state index is 0.134. The maximum Gasteiger partial charge on any atom is 0.410 e. The van der Waals surface area contributed by atoms with Crippen LogP contribution in [-0.4, -0.2) is 57.9 Å². The van der Waals surface area contributed by atoms with E-state index < -0.39 is 12.1 Å². The molecule has 1 fully saturated rings. The van der Waals surface area contributed by atoms with E-state index in [2.05, 4.69) is 29.4 Å². The summed E-state index contributed by atoms with van der Waals surface area (Å²) < 4.78 is 6.74. The second kappa shape index (κ2) is 7.94. The van der Waals surface area contributed by atoms with E-state index >= 15 is 0 Å². The first-order valence-corrected chi connectivity index (χ1v) is 8.05. The molecule has 1 atom stereocenters. The van der Waals surface area contributed by atoms with E-state index in [-0.39, 0.29) is 11.9 Å². The van der Waals surface area contributed by atoms with E-state index in [0.29, 0.717) is 25.9 Å². The summed E-state index contributed by atoms with van der Waals surface area (Å²) in [4.78, 5) is 25.6. The van der Waals surface area contributed by atoms with Gasteiger partial charge in [-0.05, 0) is 33.1 Å². The third-order valence-corrected chi connectivity index (χ3v) is 4.07. The highest BCUT2D eigenvalue weighted by atomic mass is 16.5. The van der Waals surface area contributed by atoms with Gasteiger partial charge in [0.05, 0.1) is 7.11 Å². The molecule has 0 aromatic carbocycles. The van der Waals surface area contributed by atoms with Gasteiger partial charge in [-0.25, -0.2) is 4.79 Å². The molecular formula is C15H25N5O3. The first-order chi connectivity index (χ1) is 11.0. The maximum atomic E-state index is 12.4. The molecule has 0 radical (unpaired) electrons. The van der Waals surface area contributed by atoms with Gasteiger partial charge in [0.15, 0.2) is 0 Å². The molecule has 1 aliphatic heterocycles. The predicted octanol–water partition coefficient (Wildman–Crippen LogP) is 1.14. The predicted molar refractivity (Wildman–Crippen MR) is 83.9 cm³/mol. The van der Waals surface area contributed by atoms with Crippen LogP contribution in [0.5, 0.6) is 0 Å². The standard InChI is InChI=1S/C15H25N5O3/c1-11(2)20-10-17-18-13(20)7-8-16-14(21)12-6-4-5-9-19(12)15(22)23-3/h10-12H,4-9H2,1-3H3,(H,16,21). The smallest absolute Gasteiger partial charge is 0.410 e. The molecule has 1 aromatic rings. The highest BCUT2D eigenvalue weighted by molar-refractivity contribution is 5.85. The monoisotopic (exact) mass is 323 g/mol. The Bertz CT molecular complexity index is 543. The van der Waals surface area contributed by atoms with E-state index in [1.54, 1.807) is 6.33 Å². The number of amides is 2. The molecule has 1 N–H and O–H groups in total. The molecule has 2 amide bonds. The average molecular weight is 323 g/mol. The Labute approximate surface area is 136 Å². The van der Waals surface area contributed by atoms with Crippen molar-refractivity contribution < 1.29 is 14.3 Å². The lowest BCUT2D eigenvalue weighted by Gasteiger charge is -2.33. The second-order valence-corrected chi connectivity index (χ2v) is 5.96. The normalized spacial score (nSPS) is 18.1. The fourth-order valence-electron chi connectivity index (χ4n) is 2.83. The summed E-state index contributed by atoms with van der Waals surface area (Å²) in [7, 11) is 1.34. The molecule has 1 saturated heterocycles. The number of rotatable bonds is 5. The minimum atomic E-state index is -0.445. The number of ether oxygens (including phenoxy) is 1. The molecule has 2 rings (SSSR count). The molecule has 1 aromatic heterocycles. The number of aromatic nitrogens is 3. The van der Waals surface area contributed by atoms with Gasteiger partial charge in [-0.2, -0.15) is 0 Å². The number of methoxy groups -OCH3 is 1. The fraction of sp³-hybridized carbons (Fsp3) is 0.733. The van der Waals surface area contributed by atoms with Crippen molar-refractivity contribution in [3.63, 3.8) is 0 Å². The van der Waals surface area contributed by atoms with Crippen molar-refractivity contribution in [2.45, 2.75) is 51.6 Å². The van der Waals surface area contributed by atoms with E-state index in [1.165, 1.54) is 12.0 Å². The summed E-state index contributed by atoms with van der Waals surface area (Å²) in [6.07, 6.45) is 4.37. The van der Waals surface area contributed by atoms with Gasteiger partial charge in [-0.3, -0.25) is 9.69 Å². The average Bonchev–Trinajstić information content (AvgIpc) is 3.02. The minimum Gasteiger partial charge on any atom is -0.453 e. The lowest BCUT2D eigenvalue weighted by molar-refractivity contribution is -0.126. The van der Waals surface area contributed by atoms with Crippen molar-refractivity contribution >= 4 is 12.0 Å². The van der Waals surface area contributed by atoms with Crippen LogP contribution >= 0.6 is 0 Å². The lowest BCUT2D eigenvalue weighted by Crippen LogP contribution is -2.52. The molecule has 0 aliphatic carbocycles. The SMILES string of the molecule is COC(=O)N1CCCCC1C(=O)NCCc1nncn1C(C)C. The molecule has 1 aliphatic rings. The quantitative estimate of drug-likeness (QED) is 0.877. The third-order valence-electron chi connectivity index (χ3n) is 4.07. The number of hydrogen-bond acceptors (Lipinski definition) is 5. The summed E-state index contributed by atoms with van der Waals surface area (Å²) in [5.41, 5.74) is 0. The van der Waals surface area contributed by atoms with Gasteiger partial charge in [0, 0.05) is 25.6 Å². The van der Waals surface area contributed by atoms with E-state index in [4.69, 9.17) is 4.74 Å². The van der Waals surface area contributed by atoms with Gasteiger partial charge in [0.25, 0.3) is 0 Å². The van der Waals surface area contributed by atoms with Crippen LogP contribution in [-0.2, 0) is 16.0 Å².